The zero-order valence-electron chi connectivity index (χ0n) is 16.3. The van der Waals surface area contributed by atoms with Crippen LogP contribution in [0.2, 0.25) is 0 Å². The summed E-state index contributed by atoms with van der Waals surface area (Å²) < 4.78 is 0. The quantitative estimate of drug-likeness (QED) is 0.329. The molecule has 0 fully saturated rings. The van der Waals surface area contributed by atoms with Gasteiger partial charge in [-0.25, -0.2) is 4.98 Å². The molecule has 150 valence electrons. The summed E-state index contributed by atoms with van der Waals surface area (Å²) in [6.07, 6.45) is 1.79. The molecule has 0 amide bonds. The third kappa shape index (κ3) is 5.71. The molecule has 0 aliphatic rings. The van der Waals surface area contributed by atoms with Gasteiger partial charge < -0.3 is 5.11 Å². The topological polar surface area (TPSA) is 45.5 Å². The Morgan fingerprint density at radius 3 is 2.07 bits per heavy atom. The van der Waals surface area contributed by atoms with Gasteiger partial charge in [-0.15, -0.1) is 0 Å². The number of halogens is 2. The van der Waals surface area contributed by atoms with Crippen molar-refractivity contribution in [2.24, 2.45) is 4.99 Å². The van der Waals surface area contributed by atoms with Crippen LogP contribution in [0, 0.1) is 0 Å². The first kappa shape index (κ1) is 22.7. The molecule has 0 radical (unpaired) electrons. The number of benzene rings is 2. The van der Waals surface area contributed by atoms with Gasteiger partial charge in [0, 0.05) is 5.39 Å². The Hall–Kier alpha value is -1.58. The minimum atomic E-state index is 0.193. The fourth-order valence-corrected chi connectivity index (χ4v) is 3.01. The second-order valence-electron chi connectivity index (χ2n) is 6.99. The molecule has 1 N–H and O–H groups in total. The number of fused-ring (bicyclic) bond motifs is 1. The predicted molar refractivity (Wildman–Crippen MR) is 117 cm³/mol. The summed E-state index contributed by atoms with van der Waals surface area (Å²) in [4.78, 5) is 9.33. The van der Waals surface area contributed by atoms with E-state index in [4.69, 9.17) is 25.2 Å². The van der Waals surface area contributed by atoms with Gasteiger partial charge in [0.25, 0.3) is 0 Å². The molecule has 1 heterocycles. The maximum absolute atomic E-state index is 10.0. The van der Waals surface area contributed by atoms with Crippen LogP contribution in [-0.2, 0) is 13.1 Å². The summed E-state index contributed by atoms with van der Waals surface area (Å²) in [5.41, 5.74) is 4.86. The molecule has 0 aliphatic heterocycles. The number of aromatic nitrogens is 1. The van der Waals surface area contributed by atoms with Crippen LogP contribution >= 0.6 is 20.2 Å². The first-order valence-corrected chi connectivity index (χ1v) is 12.0. The van der Waals surface area contributed by atoms with Crippen LogP contribution in [-0.4, -0.2) is 16.3 Å². The Morgan fingerprint density at radius 1 is 0.929 bits per heavy atom. The number of para-hydroxylation sites is 2. The van der Waals surface area contributed by atoms with Gasteiger partial charge in [0.15, 0.2) is 0 Å². The molecule has 0 aliphatic carbocycles. The molecule has 2 aromatic carbocycles. The zero-order valence-corrected chi connectivity index (χ0v) is 18.9. The Kier molecular flexibility index (Phi) is 8.78. The Balaban J connectivity index is 0.000000878. The Bertz CT molecular complexity index is 932. The summed E-state index contributed by atoms with van der Waals surface area (Å²) >= 11 is 0.194. The number of aliphatic imine (C=N–C) groups is 1. The molecule has 28 heavy (non-hydrogen) atoms. The molecular formula is C22H24Cl2FeN2O. The third-order valence-corrected chi connectivity index (χ3v) is 4.39. The molecule has 3 aromatic rings. The van der Waals surface area contributed by atoms with E-state index in [0.717, 1.165) is 16.8 Å². The molecule has 6 heteroatoms. The van der Waals surface area contributed by atoms with Crippen molar-refractivity contribution in [2.45, 2.75) is 39.5 Å². The number of phenols is 1. The summed E-state index contributed by atoms with van der Waals surface area (Å²) in [6.45, 7) is 8.74. The van der Waals surface area contributed by atoms with Crippen LogP contribution in [0.1, 0.15) is 56.4 Å². The van der Waals surface area contributed by atoms with Crippen LogP contribution in [0.25, 0.3) is 10.9 Å². The second kappa shape index (κ2) is 10.8. The molecular weight excluding hydrogens is 435 g/mol. The van der Waals surface area contributed by atoms with Gasteiger partial charge in [0.1, 0.15) is 11.3 Å². The van der Waals surface area contributed by atoms with Crippen molar-refractivity contribution in [3.63, 3.8) is 0 Å². The van der Waals surface area contributed by atoms with Crippen LogP contribution in [0.5, 0.6) is 5.75 Å². The van der Waals surface area contributed by atoms with Crippen LogP contribution in [0.4, 0.5) is 5.69 Å². The van der Waals surface area contributed by atoms with Gasteiger partial charge in [-0.05, 0) is 35.1 Å². The number of pyridine rings is 1. The monoisotopic (exact) mass is 458 g/mol. The average Bonchev–Trinajstić information content (AvgIpc) is 2.67. The first-order chi connectivity index (χ1) is 13.4. The predicted octanol–water partition coefficient (Wildman–Crippen LogP) is 7.31. The van der Waals surface area contributed by atoms with E-state index in [2.05, 4.69) is 50.9 Å². The number of rotatable bonds is 4. The van der Waals surface area contributed by atoms with Gasteiger partial charge in [0.2, 0.25) is 0 Å². The van der Waals surface area contributed by atoms with Crippen LogP contribution in [0.3, 0.4) is 0 Å². The van der Waals surface area contributed by atoms with E-state index in [9.17, 15) is 5.11 Å². The second-order valence-corrected chi connectivity index (χ2v) is 8.81. The van der Waals surface area contributed by atoms with Crippen LogP contribution in [0.15, 0.2) is 53.5 Å². The van der Waals surface area contributed by atoms with Gasteiger partial charge in [0.05, 0.1) is 17.6 Å². The minimum absolute atomic E-state index is 0.193. The number of phenolic OH excluding ortho intramolecular Hbond substituents is 1. The molecule has 0 saturated carbocycles. The molecule has 0 unspecified atom stereocenters. The van der Waals surface area contributed by atoms with Crippen molar-refractivity contribution in [3.8, 4) is 5.75 Å². The molecule has 0 bridgehead atoms. The maximum atomic E-state index is 10.0. The SMILES string of the molecule is CC(C)c1cccc(C(C)C)c1N=Cc1ccc2cccc(O)c2n1.[Cl][Fe][Cl]. The van der Waals surface area contributed by atoms with Gasteiger partial charge >= 0.3 is 33.3 Å². The van der Waals surface area contributed by atoms with E-state index in [1.54, 1.807) is 12.3 Å². The van der Waals surface area contributed by atoms with Crippen LogP contribution < -0.4 is 0 Å². The molecule has 3 nitrogen and oxygen atoms in total. The van der Waals surface area contributed by atoms with Crippen molar-refractivity contribution in [3.05, 3.63) is 65.4 Å². The van der Waals surface area contributed by atoms with E-state index in [1.807, 2.05) is 24.3 Å². The number of aromatic hydroxyl groups is 1. The summed E-state index contributed by atoms with van der Waals surface area (Å²) in [5.74, 6) is 0.997. The molecule has 0 atom stereocenters. The summed E-state index contributed by atoms with van der Waals surface area (Å²) in [5, 5.41) is 10.9. The Morgan fingerprint density at radius 2 is 1.50 bits per heavy atom. The van der Waals surface area contributed by atoms with Crippen molar-refractivity contribution in [1.29, 1.82) is 0 Å². The normalized spacial score (nSPS) is 11.4. The van der Waals surface area contributed by atoms with E-state index in [1.165, 1.54) is 11.1 Å². The zero-order chi connectivity index (χ0) is 20.7. The van der Waals surface area contributed by atoms with E-state index >= 15 is 0 Å². The Labute approximate surface area is 181 Å². The van der Waals surface area contributed by atoms with Crippen molar-refractivity contribution < 1.29 is 18.2 Å². The molecule has 0 saturated heterocycles. The number of hydrogen-bond donors (Lipinski definition) is 1. The van der Waals surface area contributed by atoms with E-state index < -0.39 is 0 Å². The first-order valence-electron chi connectivity index (χ1n) is 8.99. The standard InChI is InChI=1S/C22H24N2O.2ClH.Fe/c1-14(2)18-8-6-9-19(15(3)4)22(18)23-13-17-12-11-16-7-5-10-20(25)21(16)24-17;;;/h5-15,25H,1-4H3;2*1H;/q;;;+2/p-2. The van der Waals surface area contributed by atoms with Gasteiger partial charge in [-0.3, -0.25) is 4.99 Å². The average molecular weight is 459 g/mol. The van der Waals surface area contributed by atoms with E-state index in [-0.39, 0.29) is 18.9 Å². The fourth-order valence-electron chi connectivity index (χ4n) is 3.01. The van der Waals surface area contributed by atoms with Gasteiger partial charge in [-0.2, -0.15) is 0 Å². The fraction of sp³-hybridized carbons (Fsp3) is 0.273. The third-order valence-electron chi connectivity index (χ3n) is 4.39. The van der Waals surface area contributed by atoms with Crippen molar-refractivity contribution >= 4 is 43.0 Å². The summed E-state index contributed by atoms with van der Waals surface area (Å²) in [6, 6.07) is 15.7. The number of nitrogens with zero attached hydrogens (tertiary/aromatic N) is 2. The molecule has 3 rings (SSSR count). The van der Waals surface area contributed by atoms with Gasteiger partial charge in [-0.1, -0.05) is 64.1 Å². The van der Waals surface area contributed by atoms with Crippen molar-refractivity contribution in [1.82, 2.24) is 4.98 Å². The van der Waals surface area contributed by atoms with Crippen molar-refractivity contribution in [2.75, 3.05) is 0 Å². The van der Waals surface area contributed by atoms with E-state index in [0.29, 0.717) is 17.4 Å². The molecule has 1 aromatic heterocycles. The molecule has 0 spiro atoms. The summed E-state index contributed by atoms with van der Waals surface area (Å²) in [7, 11) is 9.53. The number of hydrogen-bond acceptors (Lipinski definition) is 3.